The summed E-state index contributed by atoms with van der Waals surface area (Å²) in [6.07, 6.45) is 8.24. The van der Waals surface area contributed by atoms with E-state index in [9.17, 15) is 14.9 Å². The molecule has 0 saturated heterocycles. The van der Waals surface area contributed by atoms with Gasteiger partial charge in [-0.3, -0.25) is 14.9 Å². The summed E-state index contributed by atoms with van der Waals surface area (Å²) in [4.78, 5) is 27.3. The molecule has 0 atom stereocenters. The zero-order valence-corrected chi connectivity index (χ0v) is 15.3. The van der Waals surface area contributed by atoms with Crippen LogP contribution in [0.15, 0.2) is 53.5 Å². The molecule has 0 radical (unpaired) electrons. The number of nitro groups is 1. The number of hydrogen-bond acceptors (Lipinski definition) is 4. The molecule has 0 fully saturated rings. The summed E-state index contributed by atoms with van der Waals surface area (Å²) in [5.41, 5.74) is 2.56. The van der Waals surface area contributed by atoms with Crippen molar-refractivity contribution in [3.63, 3.8) is 0 Å². The van der Waals surface area contributed by atoms with Crippen molar-refractivity contribution in [2.24, 2.45) is 4.99 Å². The van der Waals surface area contributed by atoms with Gasteiger partial charge in [-0.15, -0.1) is 6.42 Å². The number of nitro benzene ring substituents is 1. The van der Waals surface area contributed by atoms with E-state index in [-0.39, 0.29) is 5.69 Å². The van der Waals surface area contributed by atoms with Crippen molar-refractivity contribution in [3.8, 4) is 12.3 Å². The van der Waals surface area contributed by atoms with Gasteiger partial charge in [-0.1, -0.05) is 35.5 Å². The molecule has 0 aliphatic rings. The molecule has 3 aromatic rings. The smallest absolute Gasteiger partial charge is 0.272 e. The first-order chi connectivity index (χ1) is 13.0. The van der Waals surface area contributed by atoms with E-state index in [1.807, 2.05) is 29.7 Å². The molecule has 0 bridgehead atoms. The van der Waals surface area contributed by atoms with Gasteiger partial charge in [-0.2, -0.15) is 4.99 Å². The van der Waals surface area contributed by atoms with Crippen LogP contribution in [-0.2, 0) is 11.3 Å². The number of aryl methyl sites for hydroxylation is 1. The number of aromatic nitrogens is 1. The predicted molar refractivity (Wildman–Crippen MR) is 106 cm³/mol. The number of terminal acetylenes is 1. The van der Waals surface area contributed by atoms with E-state index in [4.69, 9.17) is 6.42 Å². The molecule has 0 aliphatic heterocycles. The Labute approximate surface area is 159 Å². The number of amides is 1. The molecular formula is C20H15N3O3S. The average Bonchev–Trinajstić information content (AvgIpc) is 2.97. The van der Waals surface area contributed by atoms with Crippen molar-refractivity contribution in [2.45, 2.75) is 13.5 Å². The van der Waals surface area contributed by atoms with Crippen molar-refractivity contribution in [3.05, 3.63) is 74.6 Å². The Balaban J connectivity index is 1.95. The summed E-state index contributed by atoms with van der Waals surface area (Å²) < 4.78 is 2.82. The molecule has 0 N–H and O–H groups in total. The first kappa shape index (κ1) is 18.3. The average molecular weight is 377 g/mol. The highest BCUT2D eigenvalue weighted by Gasteiger charge is 2.07. The second kappa shape index (κ2) is 7.81. The van der Waals surface area contributed by atoms with Crippen LogP contribution < -0.4 is 4.80 Å². The third-order valence-corrected chi connectivity index (χ3v) is 4.83. The Kier molecular flexibility index (Phi) is 5.29. The third kappa shape index (κ3) is 4.19. The second-order valence-corrected chi connectivity index (χ2v) is 6.79. The highest BCUT2D eigenvalue weighted by molar-refractivity contribution is 7.16. The summed E-state index contributed by atoms with van der Waals surface area (Å²) in [5, 5.41) is 10.8. The molecular weight excluding hydrogens is 362 g/mol. The molecule has 0 spiro atoms. The number of hydrogen-bond donors (Lipinski definition) is 0. The van der Waals surface area contributed by atoms with Crippen LogP contribution in [0.1, 0.15) is 11.1 Å². The minimum atomic E-state index is -0.481. The van der Waals surface area contributed by atoms with Gasteiger partial charge in [0.25, 0.3) is 11.6 Å². The number of non-ortho nitro benzene ring substituents is 1. The molecule has 6 nitrogen and oxygen atoms in total. The molecule has 7 heteroatoms. The van der Waals surface area contributed by atoms with E-state index in [0.717, 1.165) is 15.8 Å². The van der Waals surface area contributed by atoms with Crippen LogP contribution in [0.25, 0.3) is 16.3 Å². The van der Waals surface area contributed by atoms with Gasteiger partial charge in [-0.25, -0.2) is 0 Å². The number of carbonyl (C=O) groups excluding carboxylic acids is 1. The Morgan fingerprint density at radius 3 is 2.93 bits per heavy atom. The van der Waals surface area contributed by atoms with Gasteiger partial charge in [0.1, 0.15) is 0 Å². The molecule has 1 amide bonds. The van der Waals surface area contributed by atoms with Crippen molar-refractivity contribution in [1.82, 2.24) is 4.57 Å². The minimum absolute atomic E-state index is 0.0340. The summed E-state index contributed by atoms with van der Waals surface area (Å²) in [6, 6.07) is 12.0. The standard InChI is InChI=1S/C20H15N3O3S/c1-3-11-22-17-9-7-14(2)12-18(17)27-20(22)21-19(24)10-8-15-5-4-6-16(13-15)23(25)26/h1,4-10,12-13H,11H2,2H3/b10-8+,21-20?. The van der Waals surface area contributed by atoms with Crippen molar-refractivity contribution in [1.29, 1.82) is 0 Å². The van der Waals surface area contributed by atoms with Crippen molar-refractivity contribution in [2.75, 3.05) is 0 Å². The Morgan fingerprint density at radius 1 is 1.37 bits per heavy atom. The van der Waals surface area contributed by atoms with Crippen LogP contribution in [0.3, 0.4) is 0 Å². The van der Waals surface area contributed by atoms with Gasteiger partial charge in [-0.05, 0) is 36.3 Å². The van der Waals surface area contributed by atoms with Crippen LogP contribution in [0, 0.1) is 29.4 Å². The maximum absolute atomic E-state index is 12.3. The van der Waals surface area contributed by atoms with Gasteiger partial charge >= 0.3 is 0 Å². The predicted octanol–water partition coefficient (Wildman–Crippen LogP) is 3.69. The largest absolute Gasteiger partial charge is 0.305 e. The lowest BCUT2D eigenvalue weighted by Crippen LogP contribution is -2.15. The first-order valence-corrected chi connectivity index (χ1v) is 8.84. The van der Waals surface area contributed by atoms with Gasteiger partial charge in [0, 0.05) is 18.2 Å². The zero-order valence-electron chi connectivity index (χ0n) is 14.5. The lowest BCUT2D eigenvalue weighted by molar-refractivity contribution is -0.384. The fourth-order valence-corrected chi connectivity index (χ4v) is 3.68. The van der Waals surface area contributed by atoms with E-state index in [1.54, 1.807) is 12.1 Å². The molecule has 0 aliphatic carbocycles. The fourth-order valence-electron chi connectivity index (χ4n) is 2.55. The molecule has 134 valence electrons. The number of nitrogens with zero attached hydrogens (tertiary/aromatic N) is 3. The van der Waals surface area contributed by atoms with Gasteiger partial charge in [0.05, 0.1) is 21.7 Å². The molecule has 1 aromatic heterocycles. The highest BCUT2D eigenvalue weighted by atomic mass is 32.1. The number of benzene rings is 2. The van der Waals surface area contributed by atoms with Crippen LogP contribution in [0.2, 0.25) is 0 Å². The lowest BCUT2D eigenvalue weighted by atomic mass is 10.2. The van der Waals surface area contributed by atoms with Crippen LogP contribution >= 0.6 is 11.3 Å². The maximum Gasteiger partial charge on any atom is 0.272 e. The summed E-state index contributed by atoms with van der Waals surface area (Å²) in [5.74, 6) is 2.12. The first-order valence-electron chi connectivity index (χ1n) is 8.02. The van der Waals surface area contributed by atoms with Gasteiger partial charge in [0.15, 0.2) is 4.80 Å². The van der Waals surface area contributed by atoms with E-state index < -0.39 is 10.8 Å². The summed E-state index contributed by atoms with van der Waals surface area (Å²) >= 11 is 1.39. The van der Waals surface area contributed by atoms with E-state index in [0.29, 0.717) is 16.9 Å². The molecule has 0 saturated carbocycles. The Bertz CT molecular complexity index is 1180. The lowest BCUT2D eigenvalue weighted by Gasteiger charge is -1.99. The van der Waals surface area contributed by atoms with E-state index in [1.165, 1.54) is 35.6 Å². The van der Waals surface area contributed by atoms with Crippen molar-refractivity contribution < 1.29 is 9.72 Å². The van der Waals surface area contributed by atoms with Crippen LogP contribution in [-0.4, -0.2) is 15.4 Å². The number of rotatable bonds is 4. The summed E-state index contributed by atoms with van der Waals surface area (Å²) in [6.45, 7) is 2.30. The van der Waals surface area contributed by atoms with Gasteiger partial charge in [0.2, 0.25) is 0 Å². The Hall–Kier alpha value is -3.50. The second-order valence-electron chi connectivity index (χ2n) is 5.78. The zero-order chi connectivity index (χ0) is 19.4. The normalized spacial score (nSPS) is 11.8. The van der Waals surface area contributed by atoms with Crippen LogP contribution in [0.4, 0.5) is 5.69 Å². The highest BCUT2D eigenvalue weighted by Crippen LogP contribution is 2.19. The fraction of sp³-hybridized carbons (Fsp3) is 0.100. The van der Waals surface area contributed by atoms with Gasteiger partial charge < -0.3 is 4.57 Å². The quantitative estimate of drug-likeness (QED) is 0.301. The molecule has 27 heavy (non-hydrogen) atoms. The van der Waals surface area contributed by atoms with E-state index in [2.05, 4.69) is 10.9 Å². The SMILES string of the molecule is C#CCn1c(=NC(=O)/C=C/c2cccc([N+](=O)[O-])c2)sc2cc(C)ccc21. The molecule has 3 rings (SSSR count). The molecule has 0 unspecified atom stereocenters. The minimum Gasteiger partial charge on any atom is -0.305 e. The Morgan fingerprint density at radius 2 is 2.19 bits per heavy atom. The number of fused-ring (bicyclic) bond motifs is 1. The number of carbonyl (C=O) groups is 1. The summed E-state index contributed by atoms with van der Waals surface area (Å²) in [7, 11) is 0. The number of thiazole rings is 1. The van der Waals surface area contributed by atoms with E-state index >= 15 is 0 Å². The van der Waals surface area contributed by atoms with Crippen LogP contribution in [0.5, 0.6) is 0 Å². The van der Waals surface area contributed by atoms with Crippen molar-refractivity contribution >= 4 is 39.2 Å². The molecule has 2 aromatic carbocycles. The molecule has 1 heterocycles. The topological polar surface area (TPSA) is 77.5 Å². The maximum atomic E-state index is 12.3. The third-order valence-electron chi connectivity index (χ3n) is 3.79. The monoisotopic (exact) mass is 377 g/mol.